The Morgan fingerprint density at radius 2 is 1.49 bits per heavy atom. The summed E-state index contributed by atoms with van der Waals surface area (Å²) in [6.45, 7) is 16.5. The highest BCUT2D eigenvalue weighted by Crippen LogP contribution is 2.27. The fourth-order valence-electron chi connectivity index (χ4n) is 6.88. The van der Waals surface area contributed by atoms with Crippen molar-refractivity contribution in [3.05, 3.63) is 35.9 Å². The van der Waals surface area contributed by atoms with Gasteiger partial charge < -0.3 is 44.9 Å². The van der Waals surface area contributed by atoms with Crippen LogP contribution in [-0.2, 0) is 44.7 Å². The minimum atomic E-state index is -1.26. The van der Waals surface area contributed by atoms with Gasteiger partial charge in [-0.05, 0) is 44.1 Å². The monoisotopic (exact) mass is 777 g/mol. The molecule has 1 heterocycles. The van der Waals surface area contributed by atoms with Gasteiger partial charge in [-0.3, -0.25) is 24.1 Å². The van der Waals surface area contributed by atoms with Crippen LogP contribution in [0.5, 0.6) is 0 Å². The van der Waals surface area contributed by atoms with Gasteiger partial charge in [0.25, 0.3) is 5.91 Å². The third-order valence-corrected chi connectivity index (χ3v) is 9.96. The lowest BCUT2D eigenvalue weighted by Gasteiger charge is -2.39. The first kappa shape index (κ1) is 47.4. The Bertz CT molecular complexity index is 1400. The Hall–Kier alpha value is -3.79. The van der Waals surface area contributed by atoms with Gasteiger partial charge in [0, 0.05) is 41.4 Å². The maximum atomic E-state index is 14.1. The van der Waals surface area contributed by atoms with Crippen molar-refractivity contribution in [1.29, 1.82) is 0 Å². The van der Waals surface area contributed by atoms with Crippen LogP contribution < -0.4 is 16.0 Å². The van der Waals surface area contributed by atoms with E-state index in [9.17, 15) is 29.1 Å². The van der Waals surface area contributed by atoms with Crippen LogP contribution in [0, 0.1) is 17.8 Å². The molecule has 2 rings (SSSR count). The Morgan fingerprint density at radius 3 is 2.00 bits per heavy atom. The van der Waals surface area contributed by atoms with Crippen LogP contribution in [0.25, 0.3) is 0 Å². The maximum absolute atomic E-state index is 14.1. The molecule has 0 radical (unpaired) electrons. The quantitative estimate of drug-likeness (QED) is 0.163. The molecule has 0 saturated carbocycles. The zero-order chi connectivity index (χ0) is 41.8. The van der Waals surface area contributed by atoms with Crippen LogP contribution in [0.15, 0.2) is 30.3 Å². The van der Waals surface area contributed by atoms with Gasteiger partial charge in [-0.2, -0.15) is 0 Å². The third-order valence-electron chi connectivity index (χ3n) is 9.96. The Morgan fingerprint density at radius 1 is 0.891 bits per heavy atom. The van der Waals surface area contributed by atoms with Crippen LogP contribution in [0.1, 0.15) is 80.7 Å². The molecule has 15 nitrogen and oxygen atoms in total. The second-order valence-corrected chi connectivity index (χ2v) is 16.1. The normalized spacial score (nSPS) is 21.2. The smallest absolute Gasteiger partial charge is 0.410 e. The van der Waals surface area contributed by atoms with Crippen molar-refractivity contribution in [3.63, 3.8) is 0 Å². The highest BCUT2D eigenvalue weighted by atomic mass is 16.6. The predicted molar refractivity (Wildman–Crippen MR) is 208 cm³/mol. The number of nitrogens with zero attached hydrogens (tertiary/aromatic N) is 2. The zero-order valence-corrected chi connectivity index (χ0v) is 35.1. The van der Waals surface area contributed by atoms with Crippen LogP contribution in [-0.4, -0.2) is 134 Å². The number of aliphatic hydroxyl groups excluding tert-OH is 1. The SMILES string of the molecule is CC[C@H](C)C([C@H](O)CC(=O)NCC1OC(C(=O)NCc2ccccc2)[C@@H](OC)[C@@H]1OC)N(C)C(=O)[C@@H](NC(=O)[C@H](C(C)C)N(C)C(=O)OC(C)(C)C)C(C)C. The minimum absolute atomic E-state index is 0.0225. The summed E-state index contributed by atoms with van der Waals surface area (Å²) in [6, 6.07) is 6.74. The summed E-state index contributed by atoms with van der Waals surface area (Å²) in [5.74, 6) is -2.71. The van der Waals surface area contributed by atoms with E-state index in [0.717, 1.165) is 5.56 Å². The summed E-state index contributed by atoms with van der Waals surface area (Å²) in [4.78, 5) is 69.7. The summed E-state index contributed by atoms with van der Waals surface area (Å²) >= 11 is 0. The summed E-state index contributed by atoms with van der Waals surface area (Å²) in [6.07, 6.45) is -4.77. The van der Waals surface area contributed by atoms with E-state index in [1.165, 1.54) is 31.1 Å². The van der Waals surface area contributed by atoms with Gasteiger partial charge in [0.15, 0.2) is 6.10 Å². The standard InChI is InChI=1S/C40H67N5O10/c1-14-25(6)32(44(10)38(50)30(23(2)3)43-36(48)31(24(4)5)45(11)39(51)55-40(7,8)9)27(46)20-29(47)41-22-28-33(52-12)34(53-13)35(54-28)37(49)42-21-26-18-16-15-17-19-26/h15-19,23-25,27-28,30-35,46H,14,20-22H2,1-13H3,(H,41,47)(H,42,49)(H,43,48)/t25-,27+,28?,30-,31-,32?,33+,34-,35?/m0/s1. The number of benzene rings is 1. The number of ether oxygens (including phenoxy) is 4. The van der Waals surface area contributed by atoms with Gasteiger partial charge in [0.05, 0.1) is 18.6 Å². The topological polar surface area (TPSA) is 185 Å². The zero-order valence-electron chi connectivity index (χ0n) is 35.1. The van der Waals surface area contributed by atoms with Crippen LogP contribution in [0.3, 0.4) is 0 Å². The molecule has 1 aromatic carbocycles. The Balaban J connectivity index is 2.14. The molecule has 0 spiro atoms. The number of rotatable bonds is 19. The lowest BCUT2D eigenvalue weighted by atomic mass is 9.90. The van der Waals surface area contributed by atoms with E-state index < -0.39 is 78.1 Å². The number of carbonyl (C=O) groups is 5. The van der Waals surface area contributed by atoms with E-state index in [4.69, 9.17) is 18.9 Å². The van der Waals surface area contributed by atoms with Crippen LogP contribution in [0.4, 0.5) is 4.79 Å². The van der Waals surface area contributed by atoms with Gasteiger partial charge in [-0.1, -0.05) is 78.3 Å². The molecule has 4 N–H and O–H groups in total. The lowest BCUT2D eigenvalue weighted by molar-refractivity contribution is -0.144. The highest BCUT2D eigenvalue weighted by molar-refractivity contribution is 5.91. The molecular formula is C40H67N5O10. The largest absolute Gasteiger partial charge is 0.444 e. The van der Waals surface area contributed by atoms with Gasteiger partial charge in [0.2, 0.25) is 17.7 Å². The predicted octanol–water partition coefficient (Wildman–Crippen LogP) is 2.87. The summed E-state index contributed by atoms with van der Waals surface area (Å²) in [5.41, 5.74) is 0.155. The Labute approximate surface area is 327 Å². The average Bonchev–Trinajstić information content (AvgIpc) is 3.48. The first-order valence-electron chi connectivity index (χ1n) is 19.2. The number of carbonyl (C=O) groups excluding carboxylic acids is 5. The highest BCUT2D eigenvalue weighted by Gasteiger charge is 2.49. The van der Waals surface area contributed by atoms with Crippen molar-refractivity contribution in [3.8, 4) is 0 Å². The first-order valence-corrected chi connectivity index (χ1v) is 19.2. The molecule has 1 aliphatic heterocycles. The van der Waals surface area contributed by atoms with Crippen molar-refractivity contribution < 1.29 is 48.0 Å². The second kappa shape index (κ2) is 21.5. The number of nitrogens with one attached hydrogen (secondary N) is 3. The van der Waals surface area contributed by atoms with Crippen molar-refractivity contribution in [2.45, 2.75) is 136 Å². The van der Waals surface area contributed by atoms with Gasteiger partial charge in [-0.25, -0.2) is 4.79 Å². The van der Waals surface area contributed by atoms with E-state index in [2.05, 4.69) is 16.0 Å². The molecule has 55 heavy (non-hydrogen) atoms. The molecule has 5 amide bonds. The molecule has 9 atom stereocenters. The fourth-order valence-corrected chi connectivity index (χ4v) is 6.88. The summed E-state index contributed by atoms with van der Waals surface area (Å²) in [7, 11) is 5.98. The first-order chi connectivity index (χ1) is 25.7. The van der Waals surface area contributed by atoms with E-state index in [1.807, 2.05) is 44.2 Å². The van der Waals surface area contributed by atoms with Crippen molar-refractivity contribution in [1.82, 2.24) is 25.8 Å². The molecule has 15 heteroatoms. The number of amides is 5. The summed E-state index contributed by atoms with van der Waals surface area (Å²) in [5, 5.41) is 20.0. The van der Waals surface area contributed by atoms with E-state index >= 15 is 0 Å². The molecule has 1 aromatic rings. The molecular weight excluding hydrogens is 710 g/mol. The van der Waals surface area contributed by atoms with E-state index in [0.29, 0.717) is 13.0 Å². The minimum Gasteiger partial charge on any atom is -0.444 e. The van der Waals surface area contributed by atoms with Crippen molar-refractivity contribution in [2.75, 3.05) is 34.9 Å². The number of likely N-dealkylation sites (N-methyl/N-ethyl adjacent to an activating group) is 2. The lowest BCUT2D eigenvalue weighted by Crippen LogP contribution is -2.60. The van der Waals surface area contributed by atoms with E-state index in [-0.39, 0.29) is 36.6 Å². The van der Waals surface area contributed by atoms with Crippen molar-refractivity contribution >= 4 is 29.7 Å². The Kier molecular flexibility index (Phi) is 18.5. The fraction of sp³-hybridized carbons (Fsp3) is 0.725. The molecule has 312 valence electrons. The number of methoxy groups -OCH3 is 2. The number of hydrogen-bond donors (Lipinski definition) is 4. The molecule has 1 aliphatic rings. The molecule has 3 unspecified atom stereocenters. The van der Waals surface area contributed by atoms with E-state index in [1.54, 1.807) is 55.5 Å². The number of aliphatic hydroxyl groups is 1. The average molecular weight is 778 g/mol. The maximum Gasteiger partial charge on any atom is 0.410 e. The molecule has 0 aromatic heterocycles. The van der Waals surface area contributed by atoms with Crippen LogP contribution in [0.2, 0.25) is 0 Å². The summed E-state index contributed by atoms with van der Waals surface area (Å²) < 4.78 is 22.8. The van der Waals surface area contributed by atoms with Gasteiger partial charge >= 0.3 is 6.09 Å². The van der Waals surface area contributed by atoms with Crippen molar-refractivity contribution in [2.24, 2.45) is 17.8 Å². The van der Waals surface area contributed by atoms with Gasteiger partial charge in [-0.15, -0.1) is 0 Å². The molecule has 1 fully saturated rings. The number of hydrogen-bond acceptors (Lipinski definition) is 10. The molecule has 1 saturated heterocycles. The molecule has 0 bridgehead atoms. The van der Waals surface area contributed by atoms with Crippen LogP contribution >= 0.6 is 0 Å². The second-order valence-electron chi connectivity index (χ2n) is 16.1. The third kappa shape index (κ3) is 13.4. The molecule has 0 aliphatic carbocycles. The van der Waals surface area contributed by atoms with Gasteiger partial charge in [0.1, 0.15) is 36.0 Å².